The molecule has 1 atom stereocenters. The number of fused-ring (bicyclic) bond motifs is 4. The Balaban J connectivity index is 1.65. The van der Waals surface area contributed by atoms with E-state index in [1.807, 2.05) is 0 Å². The van der Waals surface area contributed by atoms with E-state index in [9.17, 15) is 0 Å². The maximum Gasteiger partial charge on any atom is 0.0158 e. The van der Waals surface area contributed by atoms with E-state index >= 15 is 0 Å². The van der Waals surface area contributed by atoms with Gasteiger partial charge in [-0.25, -0.2) is 0 Å². The van der Waals surface area contributed by atoms with Crippen molar-refractivity contribution >= 4 is 10.8 Å². The van der Waals surface area contributed by atoms with Gasteiger partial charge in [-0.05, 0) is 44.2 Å². The molecule has 5 rings (SSSR count). The van der Waals surface area contributed by atoms with E-state index in [1.165, 1.54) is 44.2 Å². The molecule has 0 saturated carbocycles. The van der Waals surface area contributed by atoms with Gasteiger partial charge in [-0.1, -0.05) is 106 Å². The fourth-order valence-corrected chi connectivity index (χ4v) is 4.80. The zero-order valence-electron chi connectivity index (χ0n) is 16.2. The van der Waals surface area contributed by atoms with Gasteiger partial charge in [0, 0.05) is 11.3 Å². The molecular formula is C27H24. The van der Waals surface area contributed by atoms with Crippen molar-refractivity contribution in [1.29, 1.82) is 0 Å². The van der Waals surface area contributed by atoms with Crippen LogP contribution in [0.5, 0.6) is 0 Å². The molecule has 4 aromatic carbocycles. The van der Waals surface area contributed by atoms with Crippen LogP contribution in [0.4, 0.5) is 0 Å². The highest BCUT2D eigenvalue weighted by molar-refractivity contribution is 5.87. The number of hydrogen-bond donors (Lipinski definition) is 0. The zero-order chi connectivity index (χ0) is 18.6. The van der Waals surface area contributed by atoms with E-state index < -0.39 is 0 Å². The summed E-state index contributed by atoms with van der Waals surface area (Å²) in [5.41, 5.74) is 8.53. The van der Waals surface area contributed by atoms with Crippen molar-refractivity contribution < 1.29 is 0 Å². The molecule has 0 N–H and O–H groups in total. The molecule has 1 unspecified atom stereocenters. The molecule has 27 heavy (non-hydrogen) atoms. The first-order valence-corrected chi connectivity index (χ1v) is 9.79. The first-order valence-electron chi connectivity index (χ1n) is 9.79. The minimum atomic E-state index is 0.0560. The van der Waals surface area contributed by atoms with Crippen LogP contribution in [0.1, 0.15) is 48.9 Å². The van der Waals surface area contributed by atoms with E-state index in [1.54, 1.807) is 0 Å². The Labute approximate surface area is 161 Å². The van der Waals surface area contributed by atoms with Crippen molar-refractivity contribution in [2.45, 2.75) is 32.1 Å². The van der Waals surface area contributed by atoms with Crippen LogP contribution in [0.3, 0.4) is 0 Å². The fraction of sp³-hybridized carbons (Fsp3) is 0.185. The molecule has 0 nitrogen and oxygen atoms in total. The Morgan fingerprint density at radius 1 is 0.667 bits per heavy atom. The Hall–Kier alpha value is -2.86. The van der Waals surface area contributed by atoms with Gasteiger partial charge in [0.25, 0.3) is 0 Å². The molecule has 132 valence electrons. The summed E-state index contributed by atoms with van der Waals surface area (Å²) in [7, 11) is 0. The SMILES string of the molecule is CC(c1ccc2c(c1)C(C)(C)c1ccccc1-2)c1cccc2ccccc12. The van der Waals surface area contributed by atoms with Gasteiger partial charge in [-0.15, -0.1) is 0 Å². The second-order valence-corrected chi connectivity index (χ2v) is 8.27. The summed E-state index contributed by atoms with van der Waals surface area (Å²) in [5.74, 6) is 0.362. The van der Waals surface area contributed by atoms with Crippen LogP contribution in [0.2, 0.25) is 0 Å². The zero-order valence-corrected chi connectivity index (χ0v) is 16.2. The van der Waals surface area contributed by atoms with Gasteiger partial charge >= 0.3 is 0 Å². The van der Waals surface area contributed by atoms with Gasteiger partial charge in [0.15, 0.2) is 0 Å². The van der Waals surface area contributed by atoms with Crippen molar-refractivity contribution in [2.24, 2.45) is 0 Å². The quantitative estimate of drug-likeness (QED) is 0.356. The molecule has 0 spiro atoms. The molecule has 0 heterocycles. The lowest BCUT2D eigenvalue weighted by molar-refractivity contribution is 0.658. The van der Waals surface area contributed by atoms with Crippen LogP contribution in [0.25, 0.3) is 21.9 Å². The summed E-state index contributed by atoms with van der Waals surface area (Å²) < 4.78 is 0. The van der Waals surface area contributed by atoms with Crippen LogP contribution < -0.4 is 0 Å². The van der Waals surface area contributed by atoms with E-state index in [0.29, 0.717) is 5.92 Å². The minimum absolute atomic E-state index is 0.0560. The largest absolute Gasteiger partial charge is 0.0619 e. The predicted molar refractivity (Wildman–Crippen MR) is 115 cm³/mol. The molecule has 0 saturated heterocycles. The highest BCUT2D eigenvalue weighted by atomic mass is 14.4. The second kappa shape index (κ2) is 5.82. The van der Waals surface area contributed by atoms with Crippen molar-refractivity contribution in [3.63, 3.8) is 0 Å². The summed E-state index contributed by atoms with van der Waals surface area (Å²) >= 11 is 0. The molecule has 0 radical (unpaired) electrons. The van der Waals surface area contributed by atoms with Crippen molar-refractivity contribution in [2.75, 3.05) is 0 Å². The first kappa shape index (κ1) is 16.3. The maximum absolute atomic E-state index is 2.45. The number of rotatable bonds is 2. The van der Waals surface area contributed by atoms with Gasteiger partial charge in [0.1, 0.15) is 0 Å². The summed E-state index contributed by atoms with van der Waals surface area (Å²) in [6.07, 6.45) is 0. The van der Waals surface area contributed by atoms with Crippen molar-refractivity contribution in [3.8, 4) is 11.1 Å². The van der Waals surface area contributed by atoms with Gasteiger partial charge < -0.3 is 0 Å². The smallest absolute Gasteiger partial charge is 0.0158 e. The van der Waals surface area contributed by atoms with Gasteiger partial charge in [-0.3, -0.25) is 0 Å². The van der Waals surface area contributed by atoms with Gasteiger partial charge in [0.05, 0.1) is 0 Å². The lowest BCUT2D eigenvalue weighted by Gasteiger charge is -2.23. The van der Waals surface area contributed by atoms with E-state index in [4.69, 9.17) is 0 Å². The molecule has 0 bridgehead atoms. The molecule has 0 fully saturated rings. The Morgan fingerprint density at radius 3 is 2.26 bits per heavy atom. The second-order valence-electron chi connectivity index (χ2n) is 8.27. The third-order valence-electron chi connectivity index (χ3n) is 6.40. The highest BCUT2D eigenvalue weighted by Crippen LogP contribution is 2.49. The third-order valence-corrected chi connectivity index (χ3v) is 6.40. The average molecular weight is 348 g/mol. The number of hydrogen-bond acceptors (Lipinski definition) is 0. The van der Waals surface area contributed by atoms with Gasteiger partial charge in [0.2, 0.25) is 0 Å². The van der Waals surface area contributed by atoms with Crippen LogP contribution in [-0.2, 0) is 5.41 Å². The predicted octanol–water partition coefficient (Wildman–Crippen LogP) is 7.30. The average Bonchev–Trinajstić information content (AvgIpc) is 2.94. The highest BCUT2D eigenvalue weighted by Gasteiger charge is 2.35. The van der Waals surface area contributed by atoms with Crippen molar-refractivity contribution in [3.05, 3.63) is 107 Å². The summed E-state index contributed by atoms with van der Waals surface area (Å²) in [6, 6.07) is 31.3. The standard InChI is InChI=1S/C27H24/c1-18(21-13-8-10-19-9-4-5-11-22(19)21)20-15-16-24-23-12-6-7-14-25(23)27(2,3)26(24)17-20/h4-18H,1-3H3. The van der Waals surface area contributed by atoms with E-state index in [0.717, 1.165) is 0 Å². The van der Waals surface area contributed by atoms with Crippen LogP contribution in [-0.4, -0.2) is 0 Å². The molecular weight excluding hydrogens is 324 g/mol. The lowest BCUT2D eigenvalue weighted by Crippen LogP contribution is -2.15. The van der Waals surface area contributed by atoms with Gasteiger partial charge in [-0.2, -0.15) is 0 Å². The maximum atomic E-state index is 2.45. The molecule has 0 heteroatoms. The summed E-state index contributed by atoms with van der Waals surface area (Å²) in [6.45, 7) is 7.03. The summed E-state index contributed by atoms with van der Waals surface area (Å²) in [4.78, 5) is 0. The molecule has 4 aromatic rings. The number of benzene rings is 4. The first-order chi connectivity index (χ1) is 13.1. The topological polar surface area (TPSA) is 0 Å². The lowest BCUT2D eigenvalue weighted by atomic mass is 9.80. The normalized spacial score (nSPS) is 15.4. The van der Waals surface area contributed by atoms with Crippen molar-refractivity contribution in [1.82, 2.24) is 0 Å². The molecule has 0 amide bonds. The Kier molecular flexibility index (Phi) is 3.52. The molecule has 0 aromatic heterocycles. The van der Waals surface area contributed by atoms with E-state index in [-0.39, 0.29) is 5.41 Å². The third kappa shape index (κ3) is 2.36. The molecule has 1 aliphatic rings. The minimum Gasteiger partial charge on any atom is -0.0619 e. The summed E-state index contributed by atoms with van der Waals surface area (Å²) in [5, 5.41) is 2.67. The van der Waals surface area contributed by atoms with Crippen LogP contribution >= 0.6 is 0 Å². The Bertz CT molecular complexity index is 1160. The monoisotopic (exact) mass is 348 g/mol. The van der Waals surface area contributed by atoms with Crippen LogP contribution in [0, 0.1) is 0 Å². The molecule has 0 aliphatic heterocycles. The molecule has 1 aliphatic carbocycles. The Morgan fingerprint density at radius 2 is 1.37 bits per heavy atom. The fourth-order valence-electron chi connectivity index (χ4n) is 4.80. The van der Waals surface area contributed by atoms with E-state index in [2.05, 4.69) is 106 Å². The van der Waals surface area contributed by atoms with Crippen LogP contribution in [0.15, 0.2) is 84.9 Å².